The largest absolute Gasteiger partial charge is 0.496 e. The lowest BCUT2D eigenvalue weighted by Gasteiger charge is -2.13. The van der Waals surface area contributed by atoms with E-state index in [0.29, 0.717) is 30.5 Å². The molecule has 2 aromatic rings. The number of thiazole rings is 1. The summed E-state index contributed by atoms with van der Waals surface area (Å²) >= 11 is 1.00. The molecule has 0 radical (unpaired) electrons. The van der Waals surface area contributed by atoms with E-state index in [1.807, 2.05) is 24.3 Å². The Morgan fingerprint density at radius 2 is 2.00 bits per heavy atom. The van der Waals surface area contributed by atoms with E-state index in [1.165, 1.54) is 0 Å². The quantitative estimate of drug-likeness (QED) is 0.361. The Bertz CT molecular complexity index is 722. The summed E-state index contributed by atoms with van der Waals surface area (Å²) in [5.41, 5.74) is 0.133. The Morgan fingerprint density at radius 3 is 2.62 bits per heavy atom. The van der Waals surface area contributed by atoms with Crippen molar-refractivity contribution in [1.82, 2.24) is 15.6 Å². The average molecular weight is 500 g/mol. The van der Waals surface area contributed by atoms with Crippen LogP contribution in [0, 0.1) is 0 Å². The number of aliphatic imine (C=N–C) groups is 1. The van der Waals surface area contributed by atoms with Gasteiger partial charge < -0.3 is 15.4 Å². The van der Waals surface area contributed by atoms with Gasteiger partial charge in [0.1, 0.15) is 5.75 Å². The summed E-state index contributed by atoms with van der Waals surface area (Å²) in [7, 11) is 3.23. The molecular weight excluding hydrogens is 480 g/mol. The number of para-hydroxylation sites is 1. The van der Waals surface area contributed by atoms with Crippen molar-refractivity contribution in [2.75, 3.05) is 20.7 Å². The first-order valence-electron chi connectivity index (χ1n) is 7.52. The van der Waals surface area contributed by atoms with Crippen LogP contribution in [0.2, 0.25) is 0 Å². The predicted molar refractivity (Wildman–Crippen MR) is 107 cm³/mol. The molecule has 0 amide bonds. The average Bonchev–Trinajstić information content (AvgIpc) is 3.07. The van der Waals surface area contributed by atoms with Gasteiger partial charge >= 0.3 is 6.18 Å². The normalized spacial score (nSPS) is 11.7. The van der Waals surface area contributed by atoms with Crippen LogP contribution in [-0.2, 0) is 19.1 Å². The SMILES string of the molecule is CN=C(NCCc1nc(C(F)(F)F)cs1)NCc1ccccc1OC.I. The van der Waals surface area contributed by atoms with Crippen LogP contribution < -0.4 is 15.4 Å². The summed E-state index contributed by atoms with van der Waals surface area (Å²) < 4.78 is 42.8. The van der Waals surface area contributed by atoms with Gasteiger partial charge in [0.2, 0.25) is 0 Å². The predicted octanol–water partition coefficient (Wildman–Crippen LogP) is 3.70. The lowest BCUT2D eigenvalue weighted by Crippen LogP contribution is -2.37. The van der Waals surface area contributed by atoms with Gasteiger partial charge in [0.15, 0.2) is 11.7 Å². The van der Waals surface area contributed by atoms with Crippen molar-refractivity contribution >= 4 is 41.3 Å². The molecule has 1 aromatic heterocycles. The van der Waals surface area contributed by atoms with E-state index in [9.17, 15) is 13.2 Å². The highest BCUT2D eigenvalue weighted by atomic mass is 127. The first-order valence-corrected chi connectivity index (χ1v) is 8.40. The number of rotatable bonds is 6. The Kier molecular flexibility index (Phi) is 9.13. The Morgan fingerprint density at radius 1 is 1.27 bits per heavy atom. The standard InChI is InChI=1S/C16H19F3N4OS.HI/c1-20-15(22-9-11-5-3-4-6-12(11)24-2)21-8-7-14-23-13(10-25-14)16(17,18)19;/h3-6,10H,7-9H2,1-2H3,(H2,20,21,22);1H. The molecule has 0 aliphatic heterocycles. The summed E-state index contributed by atoms with van der Waals surface area (Å²) in [5, 5.41) is 7.66. The molecule has 1 heterocycles. The number of hydrogen-bond acceptors (Lipinski definition) is 4. The minimum atomic E-state index is -4.39. The highest BCUT2D eigenvalue weighted by Gasteiger charge is 2.33. The number of halogens is 4. The summed E-state index contributed by atoms with van der Waals surface area (Å²) in [6.45, 7) is 0.940. The van der Waals surface area contributed by atoms with Crippen molar-refractivity contribution in [2.24, 2.45) is 4.99 Å². The van der Waals surface area contributed by atoms with E-state index < -0.39 is 11.9 Å². The molecule has 0 atom stereocenters. The zero-order valence-electron chi connectivity index (χ0n) is 14.3. The zero-order valence-corrected chi connectivity index (χ0v) is 17.4. The Balaban J connectivity index is 0.00000338. The number of hydrogen-bond donors (Lipinski definition) is 2. The Hall–Kier alpha value is -1.56. The lowest BCUT2D eigenvalue weighted by atomic mass is 10.2. The smallest absolute Gasteiger partial charge is 0.434 e. The maximum absolute atomic E-state index is 12.5. The van der Waals surface area contributed by atoms with Crippen LogP contribution in [0.4, 0.5) is 13.2 Å². The molecule has 2 N–H and O–H groups in total. The first-order chi connectivity index (χ1) is 11.9. The van der Waals surface area contributed by atoms with Gasteiger partial charge in [-0.1, -0.05) is 18.2 Å². The number of nitrogens with one attached hydrogen (secondary N) is 2. The zero-order chi connectivity index (χ0) is 18.3. The molecular formula is C16H20F3IN4OS. The fourth-order valence-electron chi connectivity index (χ4n) is 2.09. The van der Waals surface area contributed by atoms with Gasteiger partial charge in [-0.3, -0.25) is 4.99 Å². The van der Waals surface area contributed by atoms with Crippen LogP contribution in [0.1, 0.15) is 16.3 Å². The number of nitrogens with zero attached hydrogens (tertiary/aromatic N) is 2. The van der Waals surface area contributed by atoms with E-state index in [0.717, 1.165) is 28.0 Å². The number of guanidine groups is 1. The summed E-state index contributed by atoms with van der Waals surface area (Å²) in [4.78, 5) is 7.69. The minimum absolute atomic E-state index is 0. The fourth-order valence-corrected chi connectivity index (χ4v) is 2.90. The van der Waals surface area contributed by atoms with Crippen LogP contribution in [-0.4, -0.2) is 31.6 Å². The molecule has 10 heteroatoms. The molecule has 144 valence electrons. The van der Waals surface area contributed by atoms with Gasteiger partial charge in [-0.05, 0) is 6.07 Å². The van der Waals surface area contributed by atoms with Crippen molar-refractivity contribution in [1.29, 1.82) is 0 Å². The highest BCUT2D eigenvalue weighted by Crippen LogP contribution is 2.30. The third kappa shape index (κ3) is 6.63. The highest BCUT2D eigenvalue weighted by molar-refractivity contribution is 14.0. The molecule has 0 aliphatic carbocycles. The molecule has 2 rings (SSSR count). The van der Waals surface area contributed by atoms with E-state index in [1.54, 1.807) is 14.2 Å². The van der Waals surface area contributed by atoms with Crippen LogP contribution in [0.15, 0.2) is 34.6 Å². The maximum atomic E-state index is 12.5. The van der Waals surface area contributed by atoms with Crippen molar-refractivity contribution in [3.63, 3.8) is 0 Å². The first kappa shape index (κ1) is 22.5. The minimum Gasteiger partial charge on any atom is -0.496 e. The van der Waals surface area contributed by atoms with E-state index >= 15 is 0 Å². The van der Waals surface area contributed by atoms with Gasteiger partial charge in [0, 0.05) is 37.5 Å². The second-order valence-corrected chi connectivity index (χ2v) is 5.98. The number of methoxy groups -OCH3 is 1. The number of benzene rings is 1. The van der Waals surface area contributed by atoms with Gasteiger partial charge in [-0.25, -0.2) is 4.98 Å². The molecule has 0 fully saturated rings. The van der Waals surface area contributed by atoms with Crippen LogP contribution in [0.5, 0.6) is 5.75 Å². The Labute approximate surface area is 171 Å². The molecule has 0 saturated carbocycles. The molecule has 26 heavy (non-hydrogen) atoms. The third-order valence-electron chi connectivity index (χ3n) is 3.34. The van der Waals surface area contributed by atoms with Gasteiger partial charge in [0.25, 0.3) is 0 Å². The van der Waals surface area contributed by atoms with Crippen molar-refractivity contribution in [2.45, 2.75) is 19.1 Å². The topological polar surface area (TPSA) is 58.5 Å². The molecule has 0 spiro atoms. The summed E-state index contributed by atoms with van der Waals surface area (Å²) in [6.07, 6.45) is -4.01. The van der Waals surface area contributed by atoms with Crippen molar-refractivity contribution < 1.29 is 17.9 Å². The maximum Gasteiger partial charge on any atom is 0.434 e. The molecule has 0 unspecified atom stereocenters. The van der Waals surface area contributed by atoms with Crippen LogP contribution >= 0.6 is 35.3 Å². The van der Waals surface area contributed by atoms with E-state index in [4.69, 9.17) is 4.74 Å². The van der Waals surface area contributed by atoms with E-state index in [2.05, 4.69) is 20.6 Å². The lowest BCUT2D eigenvalue weighted by molar-refractivity contribution is -0.140. The molecule has 1 aromatic carbocycles. The molecule has 0 bridgehead atoms. The van der Waals surface area contributed by atoms with E-state index in [-0.39, 0.29) is 24.0 Å². The number of aromatic nitrogens is 1. The van der Waals surface area contributed by atoms with Gasteiger partial charge in [0.05, 0.1) is 12.1 Å². The summed E-state index contributed by atoms with van der Waals surface area (Å²) in [5.74, 6) is 1.33. The fraction of sp³-hybridized carbons (Fsp3) is 0.375. The molecule has 5 nitrogen and oxygen atoms in total. The van der Waals surface area contributed by atoms with Gasteiger partial charge in [-0.15, -0.1) is 35.3 Å². The van der Waals surface area contributed by atoms with Crippen molar-refractivity contribution in [3.05, 3.63) is 45.9 Å². The monoisotopic (exact) mass is 500 g/mol. The second-order valence-electron chi connectivity index (χ2n) is 5.04. The van der Waals surface area contributed by atoms with Crippen LogP contribution in [0.25, 0.3) is 0 Å². The van der Waals surface area contributed by atoms with Crippen LogP contribution in [0.3, 0.4) is 0 Å². The summed E-state index contributed by atoms with van der Waals surface area (Å²) in [6, 6.07) is 7.61. The van der Waals surface area contributed by atoms with Crippen molar-refractivity contribution in [3.8, 4) is 5.75 Å². The number of ether oxygens (including phenoxy) is 1. The molecule has 0 saturated heterocycles. The number of alkyl halides is 3. The van der Waals surface area contributed by atoms with Gasteiger partial charge in [-0.2, -0.15) is 13.2 Å². The molecule has 0 aliphatic rings. The second kappa shape index (κ2) is 10.6. The third-order valence-corrected chi connectivity index (χ3v) is 4.24.